The minimum atomic E-state index is -1.02. The first-order valence-electron chi connectivity index (χ1n) is 10.8. The number of nitrogens with one attached hydrogen (secondary N) is 4. The lowest BCUT2D eigenvalue weighted by molar-refractivity contribution is -0.128. The van der Waals surface area contributed by atoms with Crippen molar-refractivity contribution in [3.8, 4) is 0 Å². The molecule has 11 heteroatoms. The molecule has 5 amide bonds. The summed E-state index contributed by atoms with van der Waals surface area (Å²) in [6, 6.07) is 4.28. The van der Waals surface area contributed by atoms with Crippen LogP contribution in [0.5, 0.6) is 0 Å². The molecule has 33 heavy (non-hydrogen) atoms. The lowest BCUT2D eigenvalue weighted by Gasteiger charge is -2.23. The summed E-state index contributed by atoms with van der Waals surface area (Å²) in [6.07, 6.45) is 0.945. The molecule has 2 rings (SSSR count). The van der Waals surface area contributed by atoms with Gasteiger partial charge in [0.05, 0.1) is 6.04 Å². The molecule has 0 radical (unpaired) electrons. The highest BCUT2D eigenvalue weighted by atomic mass is 32.1. The number of thiophene rings is 1. The molecule has 0 aliphatic carbocycles. The van der Waals surface area contributed by atoms with Gasteiger partial charge in [-0.1, -0.05) is 39.0 Å². The van der Waals surface area contributed by atoms with Crippen LogP contribution in [0.1, 0.15) is 39.2 Å². The van der Waals surface area contributed by atoms with Crippen LogP contribution in [-0.2, 0) is 20.8 Å². The molecule has 0 saturated carbocycles. The second-order valence-electron chi connectivity index (χ2n) is 8.21. The van der Waals surface area contributed by atoms with Crippen LogP contribution in [0.3, 0.4) is 0 Å². The Balaban J connectivity index is 2.17. The first-order chi connectivity index (χ1) is 15.6. The van der Waals surface area contributed by atoms with Gasteiger partial charge in [-0.15, -0.1) is 11.3 Å². The first kappa shape index (κ1) is 26.1. The number of rotatable bonds is 10. The Morgan fingerprint density at radius 3 is 2.33 bits per heavy atom. The average Bonchev–Trinajstić information content (AvgIpc) is 3.18. The number of benzene rings is 1. The molecule has 0 unspecified atom stereocenters. The zero-order valence-corrected chi connectivity index (χ0v) is 19.8. The zero-order chi connectivity index (χ0) is 24.5. The highest BCUT2D eigenvalue weighted by Crippen LogP contribution is 2.26. The molecule has 10 nitrogen and oxygen atoms in total. The van der Waals surface area contributed by atoms with E-state index in [2.05, 4.69) is 21.5 Å². The Kier molecular flexibility index (Phi) is 9.61. The molecule has 3 atom stereocenters. The minimum Gasteiger partial charge on any atom is -0.368 e. The van der Waals surface area contributed by atoms with Gasteiger partial charge in [-0.25, -0.2) is 10.2 Å². The predicted molar refractivity (Wildman–Crippen MR) is 128 cm³/mol. The summed E-state index contributed by atoms with van der Waals surface area (Å²) in [6.45, 7) is 5.56. The third kappa shape index (κ3) is 7.72. The molecule has 1 aromatic carbocycles. The van der Waals surface area contributed by atoms with E-state index in [0.29, 0.717) is 12.8 Å². The Morgan fingerprint density at radius 2 is 1.70 bits per heavy atom. The summed E-state index contributed by atoms with van der Waals surface area (Å²) >= 11 is 1.53. The van der Waals surface area contributed by atoms with E-state index in [1.165, 1.54) is 11.3 Å². The number of carbonyl (C=O) groups is 4. The summed E-state index contributed by atoms with van der Waals surface area (Å²) in [5, 5.41) is 8.10. The summed E-state index contributed by atoms with van der Waals surface area (Å²) in [4.78, 5) is 49.1. The molecule has 0 spiro atoms. The molecular weight excluding hydrogens is 444 g/mol. The maximum atomic E-state index is 13.1. The quantitative estimate of drug-likeness (QED) is 0.280. The fourth-order valence-corrected chi connectivity index (χ4v) is 4.18. The number of amides is 5. The van der Waals surface area contributed by atoms with Crippen molar-refractivity contribution in [1.82, 2.24) is 21.5 Å². The Labute approximate surface area is 196 Å². The van der Waals surface area contributed by atoms with Crippen molar-refractivity contribution in [1.29, 1.82) is 0 Å². The van der Waals surface area contributed by atoms with Crippen molar-refractivity contribution < 1.29 is 19.2 Å². The van der Waals surface area contributed by atoms with E-state index in [9.17, 15) is 19.2 Å². The Hall–Kier alpha value is -3.18. The van der Waals surface area contributed by atoms with Crippen LogP contribution in [0.15, 0.2) is 29.6 Å². The molecular formula is C22H32N6O4S. The van der Waals surface area contributed by atoms with Crippen LogP contribution < -0.4 is 33.0 Å². The molecule has 0 aliphatic rings. The number of primary amides is 1. The third-order valence-corrected chi connectivity index (χ3v) is 6.06. The topological polar surface area (TPSA) is 168 Å². The standard InChI is InChI=1S/C22H32N6O4S/c1-4-15(23)20(30)27-28-22(32)26-17(21(31)25-16(19(24)29)9-12(2)3)10-13-11-33-18-8-6-5-7-14(13)18/h5-8,11-12,15-17H,4,9-10,23H2,1-3H3,(H2,24,29)(H,25,31)(H,27,30)(H2,26,28,32)/t15-,16-,17-/m0/s1. The maximum Gasteiger partial charge on any atom is 0.334 e. The highest BCUT2D eigenvalue weighted by molar-refractivity contribution is 7.17. The summed E-state index contributed by atoms with van der Waals surface area (Å²) in [5.41, 5.74) is 16.4. The van der Waals surface area contributed by atoms with E-state index < -0.39 is 41.9 Å². The molecule has 0 saturated heterocycles. The van der Waals surface area contributed by atoms with E-state index in [1.807, 2.05) is 43.5 Å². The van der Waals surface area contributed by atoms with E-state index in [1.54, 1.807) is 6.92 Å². The second-order valence-corrected chi connectivity index (χ2v) is 9.12. The fourth-order valence-electron chi connectivity index (χ4n) is 3.20. The van der Waals surface area contributed by atoms with Crippen LogP contribution in [0.4, 0.5) is 4.79 Å². The third-order valence-electron chi connectivity index (χ3n) is 5.05. The van der Waals surface area contributed by atoms with Crippen molar-refractivity contribution in [3.05, 3.63) is 35.2 Å². The van der Waals surface area contributed by atoms with Crippen molar-refractivity contribution in [2.45, 2.75) is 58.2 Å². The van der Waals surface area contributed by atoms with Gasteiger partial charge in [0.1, 0.15) is 12.1 Å². The molecule has 180 valence electrons. The van der Waals surface area contributed by atoms with Crippen LogP contribution >= 0.6 is 11.3 Å². The van der Waals surface area contributed by atoms with Gasteiger partial charge in [0.2, 0.25) is 11.8 Å². The van der Waals surface area contributed by atoms with E-state index in [-0.39, 0.29) is 12.3 Å². The van der Waals surface area contributed by atoms with Crippen LogP contribution in [0.2, 0.25) is 0 Å². The fraction of sp³-hybridized carbons (Fsp3) is 0.455. The average molecular weight is 477 g/mol. The van der Waals surface area contributed by atoms with Crippen molar-refractivity contribution in [3.63, 3.8) is 0 Å². The van der Waals surface area contributed by atoms with E-state index in [4.69, 9.17) is 11.5 Å². The van der Waals surface area contributed by atoms with Gasteiger partial charge in [0.15, 0.2) is 0 Å². The highest BCUT2D eigenvalue weighted by Gasteiger charge is 2.27. The van der Waals surface area contributed by atoms with Gasteiger partial charge in [-0.3, -0.25) is 19.8 Å². The normalized spacial score (nSPS) is 13.7. The number of carbonyl (C=O) groups excluding carboxylic acids is 4. The molecule has 2 aromatic rings. The van der Waals surface area contributed by atoms with Crippen molar-refractivity contribution in [2.24, 2.45) is 17.4 Å². The van der Waals surface area contributed by atoms with Crippen LogP contribution in [0.25, 0.3) is 10.1 Å². The number of nitrogens with two attached hydrogens (primary N) is 2. The van der Waals surface area contributed by atoms with Gasteiger partial charge in [0, 0.05) is 11.1 Å². The van der Waals surface area contributed by atoms with Crippen molar-refractivity contribution in [2.75, 3.05) is 0 Å². The zero-order valence-electron chi connectivity index (χ0n) is 19.0. The van der Waals surface area contributed by atoms with Crippen LogP contribution in [-0.4, -0.2) is 41.9 Å². The summed E-state index contributed by atoms with van der Waals surface area (Å²) in [7, 11) is 0. The first-order valence-corrected chi connectivity index (χ1v) is 11.7. The minimum absolute atomic E-state index is 0.122. The lowest BCUT2D eigenvalue weighted by atomic mass is 10.0. The lowest BCUT2D eigenvalue weighted by Crippen LogP contribution is -2.58. The van der Waals surface area contributed by atoms with E-state index >= 15 is 0 Å². The molecule has 0 aliphatic heterocycles. The summed E-state index contributed by atoms with van der Waals surface area (Å²) < 4.78 is 1.05. The number of urea groups is 1. The molecule has 1 aromatic heterocycles. The second kappa shape index (κ2) is 12.2. The van der Waals surface area contributed by atoms with Gasteiger partial charge >= 0.3 is 6.03 Å². The molecule has 8 N–H and O–H groups in total. The number of fused-ring (bicyclic) bond motifs is 1. The number of hydrogen-bond acceptors (Lipinski definition) is 6. The maximum absolute atomic E-state index is 13.1. The summed E-state index contributed by atoms with van der Waals surface area (Å²) in [5.74, 6) is -1.64. The Bertz CT molecular complexity index is 992. The smallest absolute Gasteiger partial charge is 0.334 e. The van der Waals surface area contributed by atoms with Gasteiger partial charge < -0.3 is 22.1 Å². The van der Waals surface area contributed by atoms with Gasteiger partial charge in [0.25, 0.3) is 5.91 Å². The largest absolute Gasteiger partial charge is 0.368 e. The molecule has 0 fully saturated rings. The van der Waals surface area contributed by atoms with E-state index in [0.717, 1.165) is 15.6 Å². The monoisotopic (exact) mass is 476 g/mol. The Morgan fingerprint density at radius 1 is 1.00 bits per heavy atom. The molecule has 0 bridgehead atoms. The molecule has 1 heterocycles. The SMILES string of the molecule is CC[C@H](N)C(=O)NNC(=O)N[C@@H](Cc1csc2ccccc12)C(=O)N[C@@H](CC(C)C)C(N)=O. The van der Waals surface area contributed by atoms with Crippen molar-refractivity contribution >= 4 is 45.2 Å². The number of hydrazine groups is 1. The van der Waals surface area contributed by atoms with Crippen LogP contribution in [0, 0.1) is 5.92 Å². The predicted octanol–water partition coefficient (Wildman–Crippen LogP) is 0.896. The van der Waals surface area contributed by atoms with Gasteiger partial charge in [-0.05, 0) is 41.2 Å². The van der Waals surface area contributed by atoms with Gasteiger partial charge in [-0.2, -0.15) is 0 Å². The number of hydrogen-bond donors (Lipinski definition) is 6.